The molecule has 6 nitrogen and oxygen atoms in total. The predicted molar refractivity (Wildman–Crippen MR) is 115 cm³/mol. The predicted octanol–water partition coefficient (Wildman–Crippen LogP) is 4.71. The van der Waals surface area contributed by atoms with Crippen molar-refractivity contribution in [1.29, 1.82) is 0 Å². The minimum absolute atomic E-state index is 0.194. The molecule has 1 N–H and O–H groups in total. The molecular weight excluding hydrogens is 376 g/mol. The number of pyridine rings is 1. The van der Waals surface area contributed by atoms with Crippen molar-refractivity contribution in [2.24, 2.45) is 0 Å². The summed E-state index contributed by atoms with van der Waals surface area (Å²) in [7, 11) is 0. The van der Waals surface area contributed by atoms with Gasteiger partial charge in [0.05, 0.1) is 17.8 Å². The number of aromatic nitrogens is 4. The van der Waals surface area contributed by atoms with Crippen molar-refractivity contribution < 1.29 is 9.90 Å². The molecule has 0 saturated heterocycles. The molecule has 2 aromatic heterocycles. The van der Waals surface area contributed by atoms with Crippen molar-refractivity contribution in [2.45, 2.75) is 26.3 Å². The van der Waals surface area contributed by atoms with E-state index in [1.807, 2.05) is 59.3 Å². The van der Waals surface area contributed by atoms with E-state index in [0.29, 0.717) is 12.2 Å². The van der Waals surface area contributed by atoms with Gasteiger partial charge in [-0.3, -0.25) is 4.98 Å². The van der Waals surface area contributed by atoms with Gasteiger partial charge in [0, 0.05) is 23.7 Å². The second kappa shape index (κ2) is 8.69. The number of rotatable bonds is 7. The zero-order valence-electron chi connectivity index (χ0n) is 16.7. The van der Waals surface area contributed by atoms with Gasteiger partial charge in [-0.2, -0.15) is 5.10 Å². The summed E-state index contributed by atoms with van der Waals surface area (Å²) >= 11 is 0. The molecule has 0 spiro atoms. The number of hydrogen-bond acceptors (Lipinski definition) is 4. The molecule has 0 aliphatic heterocycles. The molecule has 0 unspecified atom stereocenters. The zero-order valence-corrected chi connectivity index (χ0v) is 16.7. The maximum atomic E-state index is 11.5. The van der Waals surface area contributed by atoms with Crippen LogP contribution in [0.3, 0.4) is 0 Å². The van der Waals surface area contributed by atoms with Gasteiger partial charge < -0.3 is 5.11 Å². The minimum atomic E-state index is -0.984. The number of aryl methyl sites for hydroxylation is 1. The Hall–Kier alpha value is -3.80. The molecule has 30 heavy (non-hydrogen) atoms. The molecule has 4 aromatic rings. The molecule has 0 fully saturated rings. The second-order valence-electron chi connectivity index (χ2n) is 7.03. The van der Waals surface area contributed by atoms with Crippen LogP contribution in [-0.2, 0) is 13.0 Å². The molecule has 6 heteroatoms. The van der Waals surface area contributed by atoms with Crippen molar-refractivity contribution in [3.05, 3.63) is 89.9 Å². The van der Waals surface area contributed by atoms with E-state index in [2.05, 4.69) is 11.9 Å². The van der Waals surface area contributed by atoms with Crippen LogP contribution in [0.4, 0.5) is 0 Å². The first-order chi connectivity index (χ1) is 14.7. The molecule has 4 rings (SSSR count). The molecule has 0 radical (unpaired) electrons. The Bertz CT molecular complexity index is 1150. The Morgan fingerprint density at radius 2 is 1.73 bits per heavy atom. The lowest BCUT2D eigenvalue weighted by atomic mass is 10.0. The third-order valence-electron chi connectivity index (χ3n) is 4.85. The summed E-state index contributed by atoms with van der Waals surface area (Å²) < 4.78 is 1.95. The van der Waals surface area contributed by atoms with E-state index in [9.17, 15) is 9.90 Å². The lowest BCUT2D eigenvalue weighted by Gasteiger charge is -2.08. The lowest BCUT2D eigenvalue weighted by molar-refractivity contribution is 0.0697. The van der Waals surface area contributed by atoms with Crippen molar-refractivity contribution in [3.63, 3.8) is 0 Å². The minimum Gasteiger partial charge on any atom is -0.478 e. The van der Waals surface area contributed by atoms with Gasteiger partial charge in [-0.1, -0.05) is 61.5 Å². The molecule has 2 heterocycles. The van der Waals surface area contributed by atoms with E-state index < -0.39 is 5.97 Å². The molecule has 0 saturated carbocycles. The normalized spacial score (nSPS) is 10.8. The maximum Gasteiger partial charge on any atom is 0.337 e. The summed E-state index contributed by atoms with van der Waals surface area (Å²) in [6, 6.07) is 20.9. The number of carboxylic acid groups (broad SMARTS) is 1. The molecule has 0 bridgehead atoms. The van der Waals surface area contributed by atoms with E-state index >= 15 is 0 Å². The van der Waals surface area contributed by atoms with Gasteiger partial charge >= 0.3 is 5.97 Å². The number of aromatic carboxylic acids is 1. The van der Waals surface area contributed by atoms with Crippen LogP contribution in [0.25, 0.3) is 22.6 Å². The first-order valence-corrected chi connectivity index (χ1v) is 9.92. The molecular formula is C24H22N4O2. The summed E-state index contributed by atoms with van der Waals surface area (Å²) in [5, 5.41) is 14.1. The van der Waals surface area contributed by atoms with Crippen LogP contribution < -0.4 is 0 Å². The van der Waals surface area contributed by atoms with E-state index in [4.69, 9.17) is 10.1 Å². The van der Waals surface area contributed by atoms with Gasteiger partial charge in [-0.05, 0) is 24.1 Å². The summed E-state index contributed by atoms with van der Waals surface area (Å²) in [5.41, 5.74) is 3.50. The number of carbonyl (C=O) groups is 1. The Kier molecular flexibility index (Phi) is 5.66. The van der Waals surface area contributed by atoms with Gasteiger partial charge in [0.25, 0.3) is 0 Å². The summed E-state index contributed by atoms with van der Waals surface area (Å²) in [4.78, 5) is 20.5. The van der Waals surface area contributed by atoms with Crippen LogP contribution >= 0.6 is 0 Å². The third-order valence-corrected chi connectivity index (χ3v) is 4.85. The van der Waals surface area contributed by atoms with Gasteiger partial charge in [0.1, 0.15) is 5.82 Å². The Balaban J connectivity index is 1.61. The molecule has 150 valence electrons. The van der Waals surface area contributed by atoms with Crippen LogP contribution in [0.5, 0.6) is 0 Å². The molecule has 2 aromatic carbocycles. The van der Waals surface area contributed by atoms with Crippen LogP contribution in [0, 0.1) is 0 Å². The molecule has 0 aliphatic rings. The summed E-state index contributed by atoms with van der Waals surface area (Å²) in [6.07, 6.45) is 3.45. The smallest absolute Gasteiger partial charge is 0.337 e. The van der Waals surface area contributed by atoms with Crippen LogP contribution in [0.1, 0.15) is 35.1 Å². The number of benzene rings is 2. The van der Waals surface area contributed by atoms with Crippen LogP contribution in [0.2, 0.25) is 0 Å². The van der Waals surface area contributed by atoms with Crippen molar-refractivity contribution in [3.8, 4) is 22.6 Å². The standard InChI is InChI=1S/C24H22N4O2/c1-2-7-21-26-23(19-8-4-3-5-9-19)27-28(21)16-17-11-13-18(14-12-17)22-20(24(29)30)10-6-15-25-22/h3-6,8-15H,2,7,16H2,1H3,(H,29,30). The quantitative estimate of drug-likeness (QED) is 0.488. The monoisotopic (exact) mass is 398 g/mol. The fourth-order valence-electron chi connectivity index (χ4n) is 3.37. The van der Waals surface area contributed by atoms with Crippen LogP contribution in [-0.4, -0.2) is 30.8 Å². The first kappa shape index (κ1) is 19.5. The zero-order chi connectivity index (χ0) is 20.9. The Morgan fingerprint density at radius 1 is 0.967 bits per heavy atom. The highest BCUT2D eigenvalue weighted by Gasteiger charge is 2.14. The van der Waals surface area contributed by atoms with E-state index in [1.54, 1.807) is 18.3 Å². The average molecular weight is 398 g/mol. The first-order valence-electron chi connectivity index (χ1n) is 9.92. The van der Waals surface area contributed by atoms with Gasteiger partial charge in [-0.15, -0.1) is 0 Å². The average Bonchev–Trinajstić information content (AvgIpc) is 3.17. The number of carboxylic acids is 1. The fourth-order valence-corrected chi connectivity index (χ4v) is 3.37. The van der Waals surface area contributed by atoms with Crippen LogP contribution in [0.15, 0.2) is 72.9 Å². The summed E-state index contributed by atoms with van der Waals surface area (Å²) in [6.45, 7) is 2.73. The van der Waals surface area contributed by atoms with Gasteiger partial charge in [0.2, 0.25) is 0 Å². The number of nitrogens with zero attached hydrogens (tertiary/aromatic N) is 4. The van der Waals surface area contributed by atoms with Gasteiger partial charge in [-0.25, -0.2) is 14.5 Å². The Morgan fingerprint density at radius 3 is 2.43 bits per heavy atom. The molecule has 0 atom stereocenters. The summed E-state index contributed by atoms with van der Waals surface area (Å²) in [5.74, 6) is 0.705. The largest absolute Gasteiger partial charge is 0.478 e. The van der Waals surface area contributed by atoms with E-state index in [0.717, 1.165) is 41.2 Å². The molecule has 0 amide bonds. The van der Waals surface area contributed by atoms with Crippen molar-refractivity contribution in [2.75, 3.05) is 0 Å². The highest BCUT2D eigenvalue weighted by molar-refractivity contribution is 5.94. The number of hydrogen-bond donors (Lipinski definition) is 1. The van der Waals surface area contributed by atoms with E-state index in [-0.39, 0.29) is 5.56 Å². The highest BCUT2D eigenvalue weighted by atomic mass is 16.4. The highest BCUT2D eigenvalue weighted by Crippen LogP contribution is 2.23. The third kappa shape index (κ3) is 4.12. The van der Waals surface area contributed by atoms with Crippen molar-refractivity contribution in [1.82, 2.24) is 19.7 Å². The SMILES string of the molecule is CCCc1nc(-c2ccccc2)nn1Cc1ccc(-c2ncccc2C(=O)O)cc1. The lowest BCUT2D eigenvalue weighted by Crippen LogP contribution is -2.07. The van der Waals surface area contributed by atoms with E-state index in [1.165, 1.54) is 0 Å². The fraction of sp³-hybridized carbons (Fsp3) is 0.167. The Labute approximate surface area is 174 Å². The van der Waals surface area contributed by atoms with Crippen molar-refractivity contribution >= 4 is 5.97 Å². The topological polar surface area (TPSA) is 80.9 Å². The maximum absolute atomic E-state index is 11.5. The van der Waals surface area contributed by atoms with Gasteiger partial charge in [0.15, 0.2) is 5.82 Å². The second-order valence-corrected chi connectivity index (χ2v) is 7.03. The molecule has 0 aliphatic carbocycles.